The minimum absolute atomic E-state index is 0.0951. The maximum absolute atomic E-state index is 6.55. The summed E-state index contributed by atoms with van der Waals surface area (Å²) < 4.78 is 6.55. The zero-order valence-corrected chi connectivity index (χ0v) is 25.5. The number of hydrogen-bond donors (Lipinski definition) is 0. The molecule has 38 heavy (non-hydrogen) atoms. The fourth-order valence-corrected chi connectivity index (χ4v) is 15.8. The van der Waals surface area contributed by atoms with Crippen LogP contribution in [0.15, 0.2) is 48.5 Å². The second kappa shape index (κ2) is 13.6. The summed E-state index contributed by atoms with van der Waals surface area (Å²) in [5.41, 5.74) is 8.61. The Bertz CT molecular complexity index is 894. The fourth-order valence-electron chi connectivity index (χ4n) is 8.21. The van der Waals surface area contributed by atoms with Crippen LogP contribution in [0.4, 0.5) is 0 Å². The van der Waals surface area contributed by atoms with Crippen molar-refractivity contribution >= 4 is 15.8 Å². The van der Waals surface area contributed by atoms with Gasteiger partial charge in [-0.25, -0.2) is 0 Å². The van der Waals surface area contributed by atoms with Gasteiger partial charge in [-0.1, -0.05) is 104 Å². The topological polar surface area (TPSA) is 9.23 Å². The van der Waals surface area contributed by atoms with Gasteiger partial charge in [-0.05, 0) is 115 Å². The maximum Gasteiger partial charge on any atom is 0.120 e. The van der Waals surface area contributed by atoms with Gasteiger partial charge >= 0.3 is 0 Å². The zero-order chi connectivity index (χ0) is 25.6. The minimum Gasteiger partial charge on any atom is -0.489 e. The van der Waals surface area contributed by atoms with Crippen molar-refractivity contribution in [3.63, 3.8) is 0 Å². The third-order valence-electron chi connectivity index (χ3n) is 10.2. The van der Waals surface area contributed by atoms with E-state index in [1.54, 1.807) is 11.1 Å². The third-order valence-corrected chi connectivity index (χ3v) is 17.5. The lowest BCUT2D eigenvalue weighted by Gasteiger charge is -2.32. The molecule has 1 nitrogen and oxygen atoms in total. The zero-order valence-electron chi connectivity index (χ0n) is 23.7. The highest BCUT2D eigenvalue weighted by Gasteiger charge is 2.34. The van der Waals surface area contributed by atoms with Crippen LogP contribution in [-0.4, -0.2) is 22.6 Å². The predicted octanol–water partition coefficient (Wildman–Crippen LogP) is 11.0. The molecule has 2 aromatic carbocycles. The first kappa shape index (κ1) is 27.3. The van der Waals surface area contributed by atoms with E-state index in [9.17, 15) is 0 Å². The lowest BCUT2D eigenvalue weighted by molar-refractivity contribution is 0.306. The Balaban J connectivity index is 1.26. The number of ether oxygens (including phenoxy) is 1. The van der Waals surface area contributed by atoms with Gasteiger partial charge in [0.15, 0.2) is 0 Å². The fraction of sp³-hybridized carbons (Fsp3) is 0.657. The van der Waals surface area contributed by atoms with E-state index in [4.69, 9.17) is 4.74 Å². The number of hydrogen-bond acceptors (Lipinski definition) is 1. The molecule has 0 amide bonds. The third kappa shape index (κ3) is 7.05. The SMILES string of the molecule is c1ccc(COc2cc(CP(C3CCCC3)C3CCCC3)cc(CP(C3CCCC3)C3CCCC3)c2)cc1. The monoisotopic (exact) mass is 548 g/mol. The van der Waals surface area contributed by atoms with Gasteiger partial charge in [0.1, 0.15) is 12.4 Å². The van der Waals surface area contributed by atoms with Crippen molar-refractivity contribution < 1.29 is 4.74 Å². The molecule has 4 aliphatic rings. The summed E-state index contributed by atoms with van der Waals surface area (Å²) in [6.45, 7) is 0.684. The molecule has 4 saturated carbocycles. The highest BCUT2D eigenvalue weighted by molar-refractivity contribution is 7.58. The van der Waals surface area contributed by atoms with Gasteiger partial charge in [0.2, 0.25) is 0 Å². The Kier molecular flexibility index (Phi) is 9.79. The van der Waals surface area contributed by atoms with Crippen molar-refractivity contribution in [1.82, 2.24) is 0 Å². The first-order chi connectivity index (χ1) is 18.8. The van der Waals surface area contributed by atoms with Crippen LogP contribution in [0.2, 0.25) is 0 Å². The van der Waals surface area contributed by atoms with Crippen LogP contribution in [0.1, 0.15) is 119 Å². The van der Waals surface area contributed by atoms with E-state index in [2.05, 4.69) is 48.5 Å². The predicted molar refractivity (Wildman–Crippen MR) is 167 cm³/mol. The lowest BCUT2D eigenvalue weighted by Crippen LogP contribution is -2.13. The Hall–Kier alpha value is -0.900. The van der Waals surface area contributed by atoms with Gasteiger partial charge in [0.25, 0.3) is 0 Å². The average molecular weight is 549 g/mol. The molecule has 206 valence electrons. The molecule has 4 fully saturated rings. The Morgan fingerprint density at radius 3 is 1.29 bits per heavy atom. The van der Waals surface area contributed by atoms with E-state index in [1.165, 1.54) is 121 Å². The lowest BCUT2D eigenvalue weighted by atomic mass is 10.1. The average Bonchev–Trinajstić information content (AvgIpc) is 3.78. The maximum atomic E-state index is 6.55. The van der Waals surface area contributed by atoms with Crippen LogP contribution in [0, 0.1) is 0 Å². The highest BCUT2D eigenvalue weighted by Crippen LogP contribution is 2.61. The first-order valence-corrected chi connectivity index (χ1v) is 19.5. The first-order valence-electron chi connectivity index (χ1n) is 16.1. The summed E-state index contributed by atoms with van der Waals surface area (Å²) in [6.07, 6.45) is 26.6. The molecule has 6 rings (SSSR count). The van der Waals surface area contributed by atoms with Gasteiger partial charge in [-0.15, -0.1) is 0 Å². The van der Waals surface area contributed by atoms with E-state index in [0.29, 0.717) is 6.61 Å². The van der Waals surface area contributed by atoms with Crippen molar-refractivity contribution in [2.75, 3.05) is 0 Å². The van der Waals surface area contributed by atoms with Crippen molar-refractivity contribution in [3.8, 4) is 5.75 Å². The Morgan fingerprint density at radius 1 is 0.500 bits per heavy atom. The summed E-state index contributed by atoms with van der Waals surface area (Å²) in [7, 11) is 0.190. The molecular weight excluding hydrogens is 498 g/mol. The molecule has 0 aromatic heterocycles. The molecule has 4 aliphatic carbocycles. The molecule has 0 atom stereocenters. The van der Waals surface area contributed by atoms with E-state index >= 15 is 0 Å². The molecular formula is C35H50OP2. The van der Waals surface area contributed by atoms with E-state index < -0.39 is 0 Å². The van der Waals surface area contributed by atoms with E-state index in [0.717, 1.165) is 28.4 Å². The Labute approximate surface area is 235 Å². The number of rotatable bonds is 11. The molecule has 3 heteroatoms. The van der Waals surface area contributed by atoms with Gasteiger partial charge < -0.3 is 4.74 Å². The molecule has 0 aliphatic heterocycles. The van der Waals surface area contributed by atoms with Crippen LogP contribution in [0.25, 0.3) is 0 Å². The molecule has 0 bridgehead atoms. The normalized spacial score (nSPS) is 21.9. The summed E-state index contributed by atoms with van der Waals surface area (Å²) in [5, 5.41) is 0. The van der Waals surface area contributed by atoms with Crippen molar-refractivity contribution in [3.05, 3.63) is 65.2 Å². The van der Waals surface area contributed by atoms with E-state index in [-0.39, 0.29) is 15.8 Å². The second-order valence-corrected chi connectivity index (χ2v) is 18.5. The number of benzene rings is 2. The minimum atomic E-state index is 0.0951. The molecule has 2 aromatic rings. The summed E-state index contributed by atoms with van der Waals surface area (Å²) in [4.78, 5) is 0. The van der Waals surface area contributed by atoms with Crippen molar-refractivity contribution in [2.45, 2.75) is 144 Å². The van der Waals surface area contributed by atoms with Gasteiger partial charge in [-0.2, -0.15) is 0 Å². The molecule has 0 heterocycles. The molecule has 0 spiro atoms. The standard InChI is InChI=1S/C35H50OP2/c1-2-12-28(13-3-1)25-36-31-23-29(26-37(32-14-4-5-15-32)33-16-6-7-17-33)22-30(24-31)27-38(34-18-8-9-19-34)35-20-10-11-21-35/h1-3,12-13,22-24,32-35H,4-11,14-21,25-27H2. The Morgan fingerprint density at radius 2 is 0.895 bits per heavy atom. The molecule has 0 N–H and O–H groups in total. The molecule has 0 saturated heterocycles. The van der Waals surface area contributed by atoms with Crippen LogP contribution in [-0.2, 0) is 18.9 Å². The van der Waals surface area contributed by atoms with Crippen molar-refractivity contribution in [1.29, 1.82) is 0 Å². The van der Waals surface area contributed by atoms with Gasteiger partial charge in [-0.3, -0.25) is 0 Å². The molecule has 0 unspecified atom stereocenters. The second-order valence-electron chi connectivity index (χ2n) is 12.9. The van der Waals surface area contributed by atoms with Crippen LogP contribution in [0.5, 0.6) is 5.75 Å². The smallest absolute Gasteiger partial charge is 0.120 e. The van der Waals surface area contributed by atoms with E-state index in [1.807, 2.05) is 0 Å². The quantitative estimate of drug-likeness (QED) is 0.254. The van der Waals surface area contributed by atoms with Crippen LogP contribution in [0.3, 0.4) is 0 Å². The summed E-state index contributed by atoms with van der Waals surface area (Å²) in [5.74, 6) is 1.14. The van der Waals surface area contributed by atoms with Crippen LogP contribution >= 0.6 is 15.8 Å². The van der Waals surface area contributed by atoms with Crippen molar-refractivity contribution in [2.24, 2.45) is 0 Å². The van der Waals surface area contributed by atoms with Gasteiger partial charge in [0.05, 0.1) is 0 Å². The van der Waals surface area contributed by atoms with Gasteiger partial charge in [0, 0.05) is 0 Å². The molecule has 0 radical (unpaired) electrons. The summed E-state index contributed by atoms with van der Waals surface area (Å²) in [6, 6.07) is 18.4. The van der Waals surface area contributed by atoms with Crippen LogP contribution < -0.4 is 4.74 Å². The summed E-state index contributed by atoms with van der Waals surface area (Å²) >= 11 is 0. The largest absolute Gasteiger partial charge is 0.489 e. The highest BCUT2D eigenvalue weighted by atomic mass is 31.1.